The molecule has 1 heterocycles. The molecule has 0 radical (unpaired) electrons. The summed E-state index contributed by atoms with van der Waals surface area (Å²) in [6.45, 7) is 5.92. The molecule has 0 amide bonds. The number of nitrogens with zero attached hydrogens (tertiary/aromatic N) is 1. The molecule has 0 bridgehead atoms. The van der Waals surface area contributed by atoms with E-state index in [0.717, 1.165) is 18.3 Å². The van der Waals surface area contributed by atoms with Gasteiger partial charge in [-0.1, -0.05) is 12.2 Å². The molecule has 0 aromatic rings. The largest absolute Gasteiger partial charge is 0.328 e. The third-order valence-electron chi connectivity index (χ3n) is 3.60. The van der Waals surface area contributed by atoms with Gasteiger partial charge in [-0.2, -0.15) is 0 Å². The van der Waals surface area contributed by atoms with Gasteiger partial charge in [0.25, 0.3) is 0 Å². The van der Waals surface area contributed by atoms with Gasteiger partial charge in [0.15, 0.2) is 0 Å². The third kappa shape index (κ3) is 2.37. The minimum Gasteiger partial charge on any atom is -0.328 e. The Labute approximate surface area is 87.2 Å². The summed E-state index contributed by atoms with van der Waals surface area (Å²) in [7, 11) is 0. The number of nitrogens with two attached hydrogens (primary N) is 1. The van der Waals surface area contributed by atoms with Crippen LogP contribution in [0.3, 0.4) is 0 Å². The van der Waals surface area contributed by atoms with Crippen molar-refractivity contribution in [2.75, 3.05) is 19.6 Å². The van der Waals surface area contributed by atoms with Crippen LogP contribution >= 0.6 is 0 Å². The molecule has 1 saturated heterocycles. The molecule has 80 valence electrons. The fourth-order valence-corrected chi connectivity index (χ4v) is 2.68. The second-order valence-corrected chi connectivity index (χ2v) is 4.99. The van der Waals surface area contributed by atoms with Gasteiger partial charge in [-0.05, 0) is 44.6 Å². The molecule has 0 aromatic carbocycles. The molecule has 0 saturated carbocycles. The minimum atomic E-state index is 0.357. The van der Waals surface area contributed by atoms with E-state index in [0.29, 0.717) is 6.04 Å². The van der Waals surface area contributed by atoms with E-state index >= 15 is 0 Å². The van der Waals surface area contributed by atoms with Gasteiger partial charge < -0.3 is 10.6 Å². The maximum Gasteiger partial charge on any atom is 0.00226 e. The molecular weight excluding hydrogens is 172 g/mol. The first-order chi connectivity index (χ1) is 6.75. The smallest absolute Gasteiger partial charge is 0.00226 e. The van der Waals surface area contributed by atoms with Crippen LogP contribution in [0, 0.1) is 11.8 Å². The standard InChI is InChI=1S/C12H22N2/c1-10(13)6-7-14-8-11-4-2-3-5-12(11)9-14/h2-3,10-12H,4-9,13H2,1H3/t10?,11-,12+. The van der Waals surface area contributed by atoms with Crippen molar-refractivity contribution in [3.05, 3.63) is 12.2 Å². The number of hydrogen-bond donors (Lipinski definition) is 1. The van der Waals surface area contributed by atoms with Gasteiger partial charge in [0.1, 0.15) is 0 Å². The first kappa shape index (κ1) is 10.2. The molecule has 0 spiro atoms. The number of rotatable bonds is 3. The Kier molecular flexibility index (Phi) is 3.24. The molecule has 2 N–H and O–H groups in total. The zero-order chi connectivity index (χ0) is 9.97. The van der Waals surface area contributed by atoms with Gasteiger partial charge >= 0.3 is 0 Å². The summed E-state index contributed by atoms with van der Waals surface area (Å²) in [5, 5.41) is 0. The Balaban J connectivity index is 1.77. The summed E-state index contributed by atoms with van der Waals surface area (Å²) in [5.41, 5.74) is 5.78. The number of hydrogen-bond acceptors (Lipinski definition) is 2. The SMILES string of the molecule is CC(N)CCN1C[C@H]2CC=CC[C@H]2C1. The van der Waals surface area contributed by atoms with Crippen LogP contribution in [0.4, 0.5) is 0 Å². The van der Waals surface area contributed by atoms with Crippen LogP contribution in [0.5, 0.6) is 0 Å². The Morgan fingerprint density at radius 2 is 1.86 bits per heavy atom. The third-order valence-corrected chi connectivity index (χ3v) is 3.60. The lowest BCUT2D eigenvalue weighted by atomic mass is 9.86. The maximum absolute atomic E-state index is 5.78. The van der Waals surface area contributed by atoms with Crippen LogP contribution in [-0.4, -0.2) is 30.6 Å². The van der Waals surface area contributed by atoms with Crippen LogP contribution in [0.15, 0.2) is 12.2 Å². The number of fused-ring (bicyclic) bond motifs is 1. The molecule has 1 aliphatic heterocycles. The highest BCUT2D eigenvalue weighted by molar-refractivity contribution is 4.99. The molecule has 0 aromatic heterocycles. The lowest BCUT2D eigenvalue weighted by Gasteiger charge is -2.18. The number of allylic oxidation sites excluding steroid dienone is 2. The summed E-state index contributed by atoms with van der Waals surface area (Å²) < 4.78 is 0. The van der Waals surface area contributed by atoms with Crippen LogP contribution in [-0.2, 0) is 0 Å². The molecule has 2 aliphatic rings. The van der Waals surface area contributed by atoms with Crippen molar-refractivity contribution in [1.29, 1.82) is 0 Å². The minimum absolute atomic E-state index is 0.357. The van der Waals surface area contributed by atoms with Crippen molar-refractivity contribution in [1.82, 2.24) is 4.90 Å². The van der Waals surface area contributed by atoms with Crippen LogP contribution in [0.25, 0.3) is 0 Å². The van der Waals surface area contributed by atoms with Crippen molar-refractivity contribution in [2.24, 2.45) is 17.6 Å². The van der Waals surface area contributed by atoms with Crippen molar-refractivity contribution in [2.45, 2.75) is 32.2 Å². The van der Waals surface area contributed by atoms with Crippen LogP contribution in [0.1, 0.15) is 26.2 Å². The molecule has 2 rings (SSSR count). The first-order valence-corrected chi connectivity index (χ1v) is 5.88. The predicted molar refractivity (Wildman–Crippen MR) is 60.1 cm³/mol. The van der Waals surface area contributed by atoms with E-state index in [2.05, 4.69) is 24.0 Å². The van der Waals surface area contributed by atoms with Crippen molar-refractivity contribution in [3.8, 4) is 0 Å². The Morgan fingerprint density at radius 1 is 1.29 bits per heavy atom. The molecule has 14 heavy (non-hydrogen) atoms. The zero-order valence-corrected chi connectivity index (χ0v) is 9.15. The molecule has 2 heteroatoms. The van der Waals surface area contributed by atoms with E-state index in [1.807, 2.05) is 0 Å². The monoisotopic (exact) mass is 194 g/mol. The zero-order valence-electron chi connectivity index (χ0n) is 9.15. The number of likely N-dealkylation sites (tertiary alicyclic amines) is 1. The van der Waals surface area contributed by atoms with Crippen molar-refractivity contribution >= 4 is 0 Å². The Hall–Kier alpha value is -0.340. The molecule has 1 aliphatic carbocycles. The normalized spacial score (nSPS) is 34.4. The molecule has 3 atom stereocenters. The summed E-state index contributed by atoms with van der Waals surface area (Å²) in [4.78, 5) is 2.60. The lowest BCUT2D eigenvalue weighted by Crippen LogP contribution is -2.27. The summed E-state index contributed by atoms with van der Waals surface area (Å²) in [5.74, 6) is 1.88. The topological polar surface area (TPSA) is 29.3 Å². The Bertz CT molecular complexity index is 194. The molecule has 1 fully saturated rings. The van der Waals surface area contributed by atoms with Crippen molar-refractivity contribution in [3.63, 3.8) is 0 Å². The van der Waals surface area contributed by atoms with Gasteiger partial charge in [-0.3, -0.25) is 0 Å². The second kappa shape index (κ2) is 4.45. The summed E-state index contributed by atoms with van der Waals surface area (Å²) in [6.07, 6.45) is 8.47. The fourth-order valence-electron chi connectivity index (χ4n) is 2.68. The Morgan fingerprint density at radius 3 is 2.36 bits per heavy atom. The van der Waals surface area contributed by atoms with Gasteiger partial charge in [-0.15, -0.1) is 0 Å². The second-order valence-electron chi connectivity index (χ2n) is 4.99. The van der Waals surface area contributed by atoms with Crippen LogP contribution < -0.4 is 5.73 Å². The van der Waals surface area contributed by atoms with E-state index in [1.54, 1.807) is 0 Å². The van der Waals surface area contributed by atoms with E-state index in [-0.39, 0.29) is 0 Å². The van der Waals surface area contributed by atoms with Gasteiger partial charge in [0.05, 0.1) is 0 Å². The molecular formula is C12H22N2. The van der Waals surface area contributed by atoms with E-state index in [9.17, 15) is 0 Å². The van der Waals surface area contributed by atoms with Gasteiger partial charge in [0.2, 0.25) is 0 Å². The van der Waals surface area contributed by atoms with Gasteiger partial charge in [0, 0.05) is 19.1 Å². The highest BCUT2D eigenvalue weighted by atomic mass is 15.2. The lowest BCUT2D eigenvalue weighted by molar-refractivity contribution is 0.309. The first-order valence-electron chi connectivity index (χ1n) is 5.88. The average molecular weight is 194 g/mol. The van der Waals surface area contributed by atoms with Crippen LogP contribution in [0.2, 0.25) is 0 Å². The highest BCUT2D eigenvalue weighted by Gasteiger charge is 2.32. The highest BCUT2D eigenvalue weighted by Crippen LogP contribution is 2.32. The van der Waals surface area contributed by atoms with Crippen molar-refractivity contribution < 1.29 is 0 Å². The van der Waals surface area contributed by atoms with Gasteiger partial charge in [-0.25, -0.2) is 0 Å². The van der Waals surface area contributed by atoms with E-state index in [4.69, 9.17) is 5.73 Å². The summed E-state index contributed by atoms with van der Waals surface area (Å²) >= 11 is 0. The molecule has 1 unspecified atom stereocenters. The van der Waals surface area contributed by atoms with E-state index < -0.39 is 0 Å². The fraction of sp³-hybridized carbons (Fsp3) is 0.833. The van der Waals surface area contributed by atoms with E-state index in [1.165, 1.54) is 32.5 Å². The molecule has 2 nitrogen and oxygen atoms in total. The quantitative estimate of drug-likeness (QED) is 0.692. The predicted octanol–water partition coefficient (Wildman–Crippen LogP) is 1.62. The maximum atomic E-state index is 5.78. The average Bonchev–Trinajstić information content (AvgIpc) is 2.57. The summed E-state index contributed by atoms with van der Waals surface area (Å²) in [6, 6.07) is 0.357.